The highest BCUT2D eigenvalue weighted by Crippen LogP contribution is 2.25. The van der Waals surface area contributed by atoms with Crippen LogP contribution in [0.4, 0.5) is 5.82 Å². The van der Waals surface area contributed by atoms with Gasteiger partial charge in [0.1, 0.15) is 11.0 Å². The van der Waals surface area contributed by atoms with Crippen molar-refractivity contribution in [2.45, 2.75) is 45.9 Å². The van der Waals surface area contributed by atoms with E-state index in [1.165, 1.54) is 0 Å². The Kier molecular flexibility index (Phi) is 6.16. The molecule has 0 aromatic carbocycles. The summed E-state index contributed by atoms with van der Waals surface area (Å²) in [6.45, 7) is 10.4. The maximum Gasteiger partial charge on any atom is 0.131 e. The van der Waals surface area contributed by atoms with Crippen LogP contribution in [-0.2, 0) is 24.9 Å². The second kappa shape index (κ2) is 8.37. The maximum atomic E-state index is 6.39. The fourth-order valence-corrected chi connectivity index (χ4v) is 3.46. The molecule has 1 aliphatic rings. The summed E-state index contributed by atoms with van der Waals surface area (Å²) in [7, 11) is 1.88. The highest BCUT2D eigenvalue weighted by molar-refractivity contribution is 6.30. The third-order valence-corrected chi connectivity index (χ3v) is 5.12. The SMILES string of the molecule is CC1CN(c2ccc(CNCc3c(C(C)C)nn(C)c3Cl)cn2)CCO1. The molecule has 7 heteroatoms. The van der Waals surface area contributed by atoms with Gasteiger partial charge >= 0.3 is 0 Å². The van der Waals surface area contributed by atoms with Gasteiger partial charge in [0.25, 0.3) is 0 Å². The minimum absolute atomic E-state index is 0.256. The van der Waals surface area contributed by atoms with Crippen LogP contribution in [0.15, 0.2) is 18.3 Å². The Bertz CT molecular complexity index is 728. The summed E-state index contributed by atoms with van der Waals surface area (Å²) in [5.41, 5.74) is 3.29. The first-order chi connectivity index (χ1) is 12.5. The van der Waals surface area contributed by atoms with Crippen LogP contribution < -0.4 is 10.2 Å². The van der Waals surface area contributed by atoms with Crippen molar-refractivity contribution in [2.24, 2.45) is 7.05 Å². The lowest BCUT2D eigenvalue weighted by Crippen LogP contribution is -2.41. The zero-order valence-electron chi connectivity index (χ0n) is 16.0. The van der Waals surface area contributed by atoms with E-state index in [0.29, 0.717) is 17.6 Å². The van der Waals surface area contributed by atoms with Crippen LogP contribution in [0.3, 0.4) is 0 Å². The van der Waals surface area contributed by atoms with Crippen molar-refractivity contribution < 1.29 is 4.74 Å². The summed E-state index contributed by atoms with van der Waals surface area (Å²) in [5, 5.41) is 8.69. The second-order valence-electron chi connectivity index (χ2n) is 7.19. The average molecular weight is 378 g/mol. The van der Waals surface area contributed by atoms with Gasteiger partial charge in [-0.05, 0) is 24.5 Å². The zero-order chi connectivity index (χ0) is 18.7. The van der Waals surface area contributed by atoms with Crippen LogP contribution in [0.25, 0.3) is 0 Å². The Balaban J connectivity index is 1.57. The Labute approximate surface area is 160 Å². The first-order valence-electron chi connectivity index (χ1n) is 9.19. The van der Waals surface area contributed by atoms with E-state index in [1.54, 1.807) is 4.68 Å². The summed E-state index contributed by atoms with van der Waals surface area (Å²) >= 11 is 6.39. The van der Waals surface area contributed by atoms with Crippen LogP contribution >= 0.6 is 11.6 Å². The summed E-state index contributed by atoms with van der Waals surface area (Å²) < 4.78 is 7.33. The van der Waals surface area contributed by atoms with E-state index in [1.807, 2.05) is 13.2 Å². The van der Waals surface area contributed by atoms with Crippen molar-refractivity contribution >= 4 is 17.4 Å². The minimum Gasteiger partial charge on any atom is -0.375 e. The number of hydrogen-bond donors (Lipinski definition) is 1. The van der Waals surface area contributed by atoms with Crippen molar-refractivity contribution in [1.82, 2.24) is 20.1 Å². The van der Waals surface area contributed by atoms with E-state index >= 15 is 0 Å². The number of anilines is 1. The molecule has 2 aromatic heterocycles. The standard InChI is InChI=1S/C19H28ClN5O/c1-13(2)18-16(19(20)24(4)23-18)11-21-9-15-5-6-17(22-10-15)25-7-8-26-14(3)12-25/h5-6,10,13-14,21H,7-9,11-12H2,1-4H3. The van der Waals surface area contributed by atoms with Crippen molar-refractivity contribution in [1.29, 1.82) is 0 Å². The Morgan fingerprint density at radius 2 is 2.15 bits per heavy atom. The van der Waals surface area contributed by atoms with E-state index < -0.39 is 0 Å². The third kappa shape index (κ3) is 4.37. The van der Waals surface area contributed by atoms with E-state index in [0.717, 1.165) is 48.9 Å². The van der Waals surface area contributed by atoms with Crippen molar-refractivity contribution in [3.63, 3.8) is 0 Å². The number of pyridine rings is 1. The fraction of sp³-hybridized carbons (Fsp3) is 0.579. The molecule has 0 spiro atoms. The molecule has 6 nitrogen and oxygen atoms in total. The average Bonchev–Trinajstić information content (AvgIpc) is 2.91. The van der Waals surface area contributed by atoms with Gasteiger partial charge in [0.05, 0.1) is 18.4 Å². The Morgan fingerprint density at radius 1 is 1.35 bits per heavy atom. The van der Waals surface area contributed by atoms with Gasteiger partial charge in [-0.25, -0.2) is 4.98 Å². The number of hydrogen-bond acceptors (Lipinski definition) is 5. The summed E-state index contributed by atoms with van der Waals surface area (Å²) in [6.07, 6.45) is 2.20. The molecule has 1 unspecified atom stereocenters. The van der Waals surface area contributed by atoms with Crippen molar-refractivity contribution in [2.75, 3.05) is 24.6 Å². The minimum atomic E-state index is 0.256. The van der Waals surface area contributed by atoms with Gasteiger partial charge in [0.15, 0.2) is 0 Å². The number of halogens is 1. The molecule has 3 rings (SSSR count). The second-order valence-corrected chi connectivity index (χ2v) is 7.55. The van der Waals surface area contributed by atoms with Crippen LogP contribution in [0, 0.1) is 0 Å². The number of aromatic nitrogens is 3. The molecule has 1 atom stereocenters. The van der Waals surface area contributed by atoms with Crippen molar-refractivity contribution in [3.8, 4) is 0 Å². The highest BCUT2D eigenvalue weighted by atomic mass is 35.5. The number of rotatable bonds is 6. The topological polar surface area (TPSA) is 55.2 Å². The largest absolute Gasteiger partial charge is 0.375 e. The van der Waals surface area contributed by atoms with E-state index in [2.05, 4.69) is 53.2 Å². The van der Waals surface area contributed by atoms with Gasteiger partial charge in [-0.1, -0.05) is 31.5 Å². The highest BCUT2D eigenvalue weighted by Gasteiger charge is 2.18. The molecule has 2 aromatic rings. The zero-order valence-corrected chi connectivity index (χ0v) is 16.8. The van der Waals surface area contributed by atoms with E-state index in [4.69, 9.17) is 16.3 Å². The molecule has 3 heterocycles. The molecule has 0 bridgehead atoms. The van der Waals surface area contributed by atoms with Gasteiger partial charge in [0.2, 0.25) is 0 Å². The summed E-state index contributed by atoms with van der Waals surface area (Å²) in [5.74, 6) is 1.36. The molecular formula is C19H28ClN5O. The van der Waals surface area contributed by atoms with Gasteiger partial charge in [-0.2, -0.15) is 5.10 Å². The number of aryl methyl sites for hydroxylation is 1. The Morgan fingerprint density at radius 3 is 2.81 bits per heavy atom. The molecule has 0 radical (unpaired) electrons. The summed E-state index contributed by atoms with van der Waals surface area (Å²) in [4.78, 5) is 6.89. The summed E-state index contributed by atoms with van der Waals surface area (Å²) in [6, 6.07) is 4.22. The molecule has 0 aliphatic carbocycles. The lowest BCUT2D eigenvalue weighted by molar-refractivity contribution is 0.0529. The normalized spacial score (nSPS) is 17.9. The predicted octanol–water partition coefficient (Wildman–Crippen LogP) is 3.11. The number of nitrogens with one attached hydrogen (secondary N) is 1. The molecule has 1 fully saturated rings. The van der Waals surface area contributed by atoms with Crippen LogP contribution in [0.1, 0.15) is 43.5 Å². The smallest absolute Gasteiger partial charge is 0.131 e. The lowest BCUT2D eigenvalue weighted by Gasteiger charge is -2.32. The van der Waals surface area contributed by atoms with Crippen molar-refractivity contribution in [3.05, 3.63) is 40.3 Å². The van der Waals surface area contributed by atoms with Gasteiger partial charge < -0.3 is 15.0 Å². The number of ether oxygens (including phenoxy) is 1. The molecule has 1 aliphatic heterocycles. The predicted molar refractivity (Wildman–Crippen MR) is 105 cm³/mol. The molecule has 142 valence electrons. The molecule has 1 saturated heterocycles. The van der Waals surface area contributed by atoms with Crippen LogP contribution in [-0.4, -0.2) is 40.6 Å². The lowest BCUT2D eigenvalue weighted by atomic mass is 10.1. The number of nitrogens with zero attached hydrogens (tertiary/aromatic N) is 4. The monoisotopic (exact) mass is 377 g/mol. The molecule has 0 amide bonds. The van der Waals surface area contributed by atoms with E-state index in [9.17, 15) is 0 Å². The van der Waals surface area contributed by atoms with E-state index in [-0.39, 0.29) is 6.10 Å². The third-order valence-electron chi connectivity index (χ3n) is 4.65. The molecule has 26 heavy (non-hydrogen) atoms. The van der Waals surface area contributed by atoms with Crippen LogP contribution in [0.2, 0.25) is 5.15 Å². The maximum absolute atomic E-state index is 6.39. The van der Waals surface area contributed by atoms with Crippen LogP contribution in [0.5, 0.6) is 0 Å². The number of morpholine rings is 1. The molecule has 0 saturated carbocycles. The first-order valence-corrected chi connectivity index (χ1v) is 9.57. The van der Waals surface area contributed by atoms with Gasteiger partial charge in [-0.15, -0.1) is 0 Å². The van der Waals surface area contributed by atoms with Gasteiger partial charge in [-0.3, -0.25) is 4.68 Å². The van der Waals surface area contributed by atoms with Gasteiger partial charge in [0, 0.05) is 45.0 Å². The molecular weight excluding hydrogens is 350 g/mol. The Hall–Kier alpha value is -1.63. The first kappa shape index (κ1) is 19.1. The quantitative estimate of drug-likeness (QED) is 0.838. The molecule has 1 N–H and O–H groups in total. The fourth-order valence-electron chi connectivity index (χ4n) is 3.26.